The summed E-state index contributed by atoms with van der Waals surface area (Å²) >= 11 is 6.17. The van der Waals surface area contributed by atoms with Gasteiger partial charge in [-0.1, -0.05) is 48.0 Å². The molecular formula is C27H28ClN3O2. The fourth-order valence-electron chi connectivity index (χ4n) is 3.82. The standard InChI is InChI=1S/C27H28ClN3O2/c1-19-11-12-22(17-20(19)2)33-16-15-31-25-10-6-5-9-24(25)30-26(31)13-14-29-27(32)18-21-7-3-4-8-23(21)28/h3-12,17H,13-16,18H2,1-2H3,(H,29,32). The summed E-state index contributed by atoms with van der Waals surface area (Å²) in [6.45, 7) is 5.90. The van der Waals surface area contributed by atoms with Crippen LogP contribution >= 0.6 is 11.6 Å². The lowest BCUT2D eigenvalue weighted by atomic mass is 10.1. The largest absolute Gasteiger partial charge is 0.492 e. The van der Waals surface area contributed by atoms with Gasteiger partial charge >= 0.3 is 0 Å². The quantitative estimate of drug-likeness (QED) is 0.368. The summed E-state index contributed by atoms with van der Waals surface area (Å²) in [5.74, 6) is 1.75. The van der Waals surface area contributed by atoms with Crippen LogP contribution in [0.1, 0.15) is 22.5 Å². The number of benzene rings is 3. The lowest BCUT2D eigenvalue weighted by Crippen LogP contribution is -2.28. The van der Waals surface area contributed by atoms with Crippen molar-refractivity contribution in [3.8, 4) is 5.75 Å². The summed E-state index contributed by atoms with van der Waals surface area (Å²) in [4.78, 5) is 17.2. The molecule has 0 aliphatic heterocycles. The van der Waals surface area contributed by atoms with E-state index in [1.807, 2.05) is 42.5 Å². The molecule has 3 aromatic carbocycles. The van der Waals surface area contributed by atoms with Crippen LogP contribution in [0.5, 0.6) is 5.75 Å². The normalized spacial score (nSPS) is 11.0. The highest BCUT2D eigenvalue weighted by Gasteiger charge is 2.12. The third-order valence-corrected chi connectivity index (χ3v) is 6.14. The Bertz CT molecular complexity index is 1270. The number of ether oxygens (including phenoxy) is 1. The molecule has 0 bridgehead atoms. The summed E-state index contributed by atoms with van der Waals surface area (Å²) in [6.07, 6.45) is 0.895. The van der Waals surface area contributed by atoms with Crippen molar-refractivity contribution >= 4 is 28.5 Å². The van der Waals surface area contributed by atoms with Crippen molar-refractivity contribution in [3.63, 3.8) is 0 Å². The van der Waals surface area contributed by atoms with Gasteiger partial charge < -0.3 is 14.6 Å². The van der Waals surface area contributed by atoms with Crippen molar-refractivity contribution in [2.24, 2.45) is 0 Å². The fraction of sp³-hybridized carbons (Fsp3) is 0.259. The number of nitrogens with zero attached hydrogens (tertiary/aromatic N) is 2. The van der Waals surface area contributed by atoms with E-state index >= 15 is 0 Å². The molecule has 1 aromatic heterocycles. The van der Waals surface area contributed by atoms with Crippen molar-refractivity contribution in [1.29, 1.82) is 0 Å². The van der Waals surface area contributed by atoms with Crippen LogP contribution in [0.25, 0.3) is 11.0 Å². The van der Waals surface area contributed by atoms with E-state index in [2.05, 4.69) is 41.9 Å². The van der Waals surface area contributed by atoms with Gasteiger partial charge in [0.05, 0.1) is 24.0 Å². The van der Waals surface area contributed by atoms with E-state index in [1.165, 1.54) is 11.1 Å². The van der Waals surface area contributed by atoms with Crippen LogP contribution < -0.4 is 10.1 Å². The van der Waals surface area contributed by atoms with E-state index in [0.29, 0.717) is 31.1 Å². The molecule has 0 aliphatic rings. The van der Waals surface area contributed by atoms with Gasteiger partial charge in [0.1, 0.15) is 18.2 Å². The number of rotatable bonds is 9. The average molecular weight is 462 g/mol. The second-order valence-electron chi connectivity index (χ2n) is 8.13. The SMILES string of the molecule is Cc1ccc(OCCn2c(CCNC(=O)Cc3ccccc3Cl)nc3ccccc32)cc1C. The molecule has 0 fully saturated rings. The minimum atomic E-state index is -0.0520. The molecule has 0 spiro atoms. The number of para-hydroxylation sites is 2. The zero-order valence-electron chi connectivity index (χ0n) is 19.0. The van der Waals surface area contributed by atoms with Crippen molar-refractivity contribution < 1.29 is 9.53 Å². The van der Waals surface area contributed by atoms with Crippen molar-refractivity contribution in [2.75, 3.05) is 13.2 Å². The van der Waals surface area contributed by atoms with E-state index in [0.717, 1.165) is 28.2 Å². The van der Waals surface area contributed by atoms with Crippen molar-refractivity contribution in [3.05, 3.63) is 94.3 Å². The molecule has 170 valence electrons. The molecule has 0 aliphatic carbocycles. The maximum absolute atomic E-state index is 12.4. The number of halogens is 1. The number of aryl methyl sites for hydroxylation is 2. The molecule has 0 radical (unpaired) electrons. The van der Waals surface area contributed by atoms with Crippen LogP contribution in [0, 0.1) is 13.8 Å². The molecule has 4 rings (SSSR count). The van der Waals surface area contributed by atoms with E-state index in [1.54, 1.807) is 6.07 Å². The summed E-state index contributed by atoms with van der Waals surface area (Å²) in [5.41, 5.74) is 5.31. The Morgan fingerprint density at radius 2 is 1.82 bits per heavy atom. The topological polar surface area (TPSA) is 56.1 Å². The Kier molecular flexibility index (Phi) is 7.30. The predicted octanol–water partition coefficient (Wildman–Crippen LogP) is 5.29. The fourth-order valence-corrected chi connectivity index (χ4v) is 4.02. The first-order valence-electron chi connectivity index (χ1n) is 11.2. The Labute approximate surface area is 199 Å². The summed E-state index contributed by atoms with van der Waals surface area (Å²) in [5, 5.41) is 3.60. The Hall–Kier alpha value is -3.31. The molecule has 0 saturated heterocycles. The molecule has 1 N–H and O–H groups in total. The molecule has 0 saturated carbocycles. The molecule has 4 aromatic rings. The van der Waals surface area contributed by atoms with Crippen LogP contribution in [-0.2, 0) is 24.2 Å². The number of aromatic nitrogens is 2. The van der Waals surface area contributed by atoms with E-state index < -0.39 is 0 Å². The number of amides is 1. The lowest BCUT2D eigenvalue weighted by Gasteiger charge is -2.12. The van der Waals surface area contributed by atoms with E-state index in [-0.39, 0.29) is 12.3 Å². The Morgan fingerprint density at radius 1 is 1.03 bits per heavy atom. The third-order valence-electron chi connectivity index (χ3n) is 5.78. The van der Waals surface area contributed by atoms with Gasteiger partial charge in [-0.2, -0.15) is 0 Å². The molecule has 1 amide bonds. The number of imidazole rings is 1. The van der Waals surface area contributed by atoms with Gasteiger partial charge in [0, 0.05) is 18.0 Å². The van der Waals surface area contributed by atoms with Gasteiger partial charge in [-0.05, 0) is 60.9 Å². The number of hydrogen-bond acceptors (Lipinski definition) is 3. The maximum atomic E-state index is 12.4. The van der Waals surface area contributed by atoms with Crippen LogP contribution in [-0.4, -0.2) is 28.6 Å². The zero-order valence-corrected chi connectivity index (χ0v) is 19.7. The number of carbonyl (C=O) groups excluding carboxylic acids is 1. The van der Waals surface area contributed by atoms with Gasteiger partial charge in [-0.25, -0.2) is 4.98 Å². The highest BCUT2D eigenvalue weighted by Crippen LogP contribution is 2.19. The average Bonchev–Trinajstić information content (AvgIpc) is 3.15. The minimum absolute atomic E-state index is 0.0520. The molecular weight excluding hydrogens is 434 g/mol. The number of fused-ring (bicyclic) bond motifs is 1. The van der Waals surface area contributed by atoms with Crippen molar-refractivity contribution in [2.45, 2.75) is 33.2 Å². The van der Waals surface area contributed by atoms with Gasteiger partial charge in [0.15, 0.2) is 0 Å². The van der Waals surface area contributed by atoms with Crippen LogP contribution in [0.3, 0.4) is 0 Å². The number of nitrogens with one attached hydrogen (secondary N) is 1. The van der Waals surface area contributed by atoms with Gasteiger partial charge in [0.25, 0.3) is 0 Å². The lowest BCUT2D eigenvalue weighted by molar-refractivity contribution is -0.120. The first-order valence-corrected chi connectivity index (χ1v) is 11.5. The second-order valence-corrected chi connectivity index (χ2v) is 8.54. The Morgan fingerprint density at radius 3 is 2.64 bits per heavy atom. The van der Waals surface area contributed by atoms with E-state index in [9.17, 15) is 4.79 Å². The number of hydrogen-bond donors (Lipinski definition) is 1. The monoisotopic (exact) mass is 461 g/mol. The van der Waals surface area contributed by atoms with Crippen molar-refractivity contribution in [1.82, 2.24) is 14.9 Å². The summed E-state index contributed by atoms with van der Waals surface area (Å²) < 4.78 is 8.19. The molecule has 5 nitrogen and oxygen atoms in total. The summed E-state index contributed by atoms with van der Waals surface area (Å²) in [7, 11) is 0. The van der Waals surface area contributed by atoms with Crippen LogP contribution in [0.4, 0.5) is 0 Å². The first kappa shape index (κ1) is 22.9. The third kappa shape index (κ3) is 5.74. The van der Waals surface area contributed by atoms with E-state index in [4.69, 9.17) is 21.3 Å². The molecule has 0 unspecified atom stereocenters. The van der Waals surface area contributed by atoms with Gasteiger partial charge in [-0.3, -0.25) is 4.79 Å². The predicted molar refractivity (Wildman–Crippen MR) is 133 cm³/mol. The smallest absolute Gasteiger partial charge is 0.224 e. The minimum Gasteiger partial charge on any atom is -0.492 e. The van der Waals surface area contributed by atoms with Crippen LogP contribution in [0.15, 0.2) is 66.7 Å². The van der Waals surface area contributed by atoms with Gasteiger partial charge in [0.2, 0.25) is 5.91 Å². The molecule has 6 heteroatoms. The maximum Gasteiger partial charge on any atom is 0.224 e. The van der Waals surface area contributed by atoms with Gasteiger partial charge in [-0.15, -0.1) is 0 Å². The molecule has 0 atom stereocenters. The van der Waals surface area contributed by atoms with Crippen LogP contribution in [0.2, 0.25) is 5.02 Å². The second kappa shape index (κ2) is 10.5. The zero-order chi connectivity index (χ0) is 23.2. The molecule has 33 heavy (non-hydrogen) atoms. The number of carbonyl (C=O) groups is 1. The highest BCUT2D eigenvalue weighted by atomic mass is 35.5. The Balaban J connectivity index is 1.38. The molecule has 1 heterocycles. The first-order chi connectivity index (χ1) is 16.0. The highest BCUT2D eigenvalue weighted by molar-refractivity contribution is 6.31. The summed E-state index contributed by atoms with van der Waals surface area (Å²) in [6, 6.07) is 21.6.